The lowest BCUT2D eigenvalue weighted by atomic mass is 9.84. The van der Waals surface area contributed by atoms with E-state index in [4.69, 9.17) is 9.47 Å². The molecule has 0 atom stereocenters. The first kappa shape index (κ1) is 19.5. The number of amides is 2. The number of carbonyl (C=O) groups excluding carboxylic acids is 1. The lowest BCUT2D eigenvalue weighted by Crippen LogP contribution is -2.38. The predicted molar refractivity (Wildman–Crippen MR) is 93.9 cm³/mol. The van der Waals surface area contributed by atoms with Gasteiger partial charge in [-0.1, -0.05) is 39.0 Å². The van der Waals surface area contributed by atoms with Crippen molar-refractivity contribution in [3.05, 3.63) is 29.3 Å². The largest absolute Gasteiger partial charge is 0.351 e. The second kappa shape index (κ2) is 8.89. The Hall–Kier alpha value is -1.59. The molecule has 0 radical (unpaired) electrons. The summed E-state index contributed by atoms with van der Waals surface area (Å²) in [6.07, 6.45) is -0.422. The molecule has 0 unspecified atom stereocenters. The standard InChI is InChI=1S/C18H30N2O3/c1-7-22-15(23-8-2)12-19-17(21)20-16-13(3)10-9-11-14(16)18(4,5)6/h9-11,15H,7-8,12H2,1-6H3,(H2,19,20,21). The van der Waals surface area contributed by atoms with Gasteiger partial charge in [0.05, 0.1) is 6.54 Å². The van der Waals surface area contributed by atoms with Gasteiger partial charge in [0.15, 0.2) is 6.29 Å². The van der Waals surface area contributed by atoms with Gasteiger partial charge < -0.3 is 20.1 Å². The van der Waals surface area contributed by atoms with Gasteiger partial charge in [-0.15, -0.1) is 0 Å². The molecule has 23 heavy (non-hydrogen) atoms. The molecule has 5 heteroatoms. The predicted octanol–water partition coefficient (Wildman–Crippen LogP) is 3.81. The van der Waals surface area contributed by atoms with Crippen LogP contribution in [0.5, 0.6) is 0 Å². The Bertz CT molecular complexity index is 503. The number of anilines is 1. The van der Waals surface area contributed by atoms with E-state index >= 15 is 0 Å². The van der Waals surface area contributed by atoms with Crippen molar-refractivity contribution in [2.45, 2.75) is 53.2 Å². The van der Waals surface area contributed by atoms with E-state index in [0.29, 0.717) is 19.8 Å². The van der Waals surface area contributed by atoms with Crippen LogP contribution >= 0.6 is 0 Å². The van der Waals surface area contributed by atoms with Crippen molar-refractivity contribution in [2.24, 2.45) is 0 Å². The van der Waals surface area contributed by atoms with Gasteiger partial charge in [-0.25, -0.2) is 4.79 Å². The van der Waals surface area contributed by atoms with E-state index in [0.717, 1.165) is 16.8 Å². The third-order valence-electron chi connectivity index (χ3n) is 3.45. The average Bonchev–Trinajstić information content (AvgIpc) is 2.46. The monoisotopic (exact) mass is 322 g/mol. The molecule has 0 saturated carbocycles. The van der Waals surface area contributed by atoms with Crippen LogP contribution in [-0.4, -0.2) is 32.1 Å². The first-order chi connectivity index (χ1) is 10.8. The quantitative estimate of drug-likeness (QED) is 0.750. The van der Waals surface area contributed by atoms with E-state index in [9.17, 15) is 4.79 Å². The molecule has 1 rings (SSSR count). The average molecular weight is 322 g/mol. The molecule has 1 aromatic rings. The number of para-hydroxylation sites is 1. The fourth-order valence-corrected chi connectivity index (χ4v) is 2.33. The zero-order valence-corrected chi connectivity index (χ0v) is 15.2. The van der Waals surface area contributed by atoms with Crippen LogP contribution in [0.1, 0.15) is 45.7 Å². The number of nitrogens with one attached hydrogen (secondary N) is 2. The molecule has 0 aliphatic carbocycles. The smallest absolute Gasteiger partial charge is 0.319 e. The Morgan fingerprint density at radius 3 is 2.30 bits per heavy atom. The van der Waals surface area contributed by atoms with Crippen LogP contribution in [0.15, 0.2) is 18.2 Å². The highest BCUT2D eigenvalue weighted by Crippen LogP contribution is 2.31. The Balaban J connectivity index is 2.74. The summed E-state index contributed by atoms with van der Waals surface area (Å²) in [5.74, 6) is 0. The number of rotatable bonds is 7. The zero-order chi connectivity index (χ0) is 17.5. The van der Waals surface area contributed by atoms with Gasteiger partial charge in [0.2, 0.25) is 0 Å². The maximum Gasteiger partial charge on any atom is 0.319 e. The van der Waals surface area contributed by atoms with E-state index in [1.54, 1.807) is 0 Å². The molecule has 0 heterocycles. The molecule has 130 valence electrons. The zero-order valence-electron chi connectivity index (χ0n) is 15.2. The molecule has 0 fully saturated rings. The highest BCUT2D eigenvalue weighted by molar-refractivity contribution is 5.91. The number of carbonyl (C=O) groups is 1. The molecular formula is C18H30N2O3. The minimum atomic E-state index is -0.422. The van der Waals surface area contributed by atoms with Crippen LogP contribution in [0, 0.1) is 6.92 Å². The fraction of sp³-hybridized carbons (Fsp3) is 0.611. The maximum absolute atomic E-state index is 12.2. The van der Waals surface area contributed by atoms with Crippen LogP contribution in [0.25, 0.3) is 0 Å². The SMILES string of the molecule is CCOC(CNC(=O)Nc1c(C)cccc1C(C)(C)C)OCC. The summed E-state index contributed by atoms with van der Waals surface area (Å²) < 4.78 is 10.8. The third-order valence-corrected chi connectivity index (χ3v) is 3.45. The highest BCUT2D eigenvalue weighted by atomic mass is 16.7. The summed E-state index contributed by atoms with van der Waals surface area (Å²) >= 11 is 0. The topological polar surface area (TPSA) is 59.6 Å². The molecule has 0 aliphatic heterocycles. The summed E-state index contributed by atoms with van der Waals surface area (Å²) in [5.41, 5.74) is 2.97. The Morgan fingerprint density at radius 2 is 1.78 bits per heavy atom. The van der Waals surface area contributed by atoms with Crippen LogP contribution < -0.4 is 10.6 Å². The molecule has 0 aliphatic rings. The van der Waals surface area contributed by atoms with Gasteiger partial charge in [-0.3, -0.25) is 0 Å². The highest BCUT2D eigenvalue weighted by Gasteiger charge is 2.20. The van der Waals surface area contributed by atoms with Crippen molar-refractivity contribution in [1.29, 1.82) is 0 Å². The van der Waals surface area contributed by atoms with Gasteiger partial charge in [-0.05, 0) is 37.3 Å². The van der Waals surface area contributed by atoms with E-state index in [1.807, 2.05) is 39.0 Å². The van der Waals surface area contributed by atoms with Gasteiger partial charge in [0.1, 0.15) is 0 Å². The number of ether oxygens (including phenoxy) is 2. The van der Waals surface area contributed by atoms with Crippen molar-refractivity contribution in [3.63, 3.8) is 0 Å². The number of aryl methyl sites for hydroxylation is 1. The molecule has 2 amide bonds. The normalized spacial score (nSPS) is 11.6. The van der Waals surface area contributed by atoms with Crippen molar-refractivity contribution in [2.75, 3.05) is 25.1 Å². The van der Waals surface area contributed by atoms with E-state index in [1.165, 1.54) is 0 Å². The summed E-state index contributed by atoms with van der Waals surface area (Å²) in [7, 11) is 0. The molecule has 0 aromatic heterocycles. The minimum Gasteiger partial charge on any atom is -0.351 e. The number of hydrogen-bond donors (Lipinski definition) is 2. The lowest BCUT2D eigenvalue weighted by molar-refractivity contribution is -0.131. The number of hydrogen-bond acceptors (Lipinski definition) is 3. The van der Waals surface area contributed by atoms with Crippen LogP contribution in [0.4, 0.5) is 10.5 Å². The first-order valence-electron chi connectivity index (χ1n) is 8.17. The van der Waals surface area contributed by atoms with Gasteiger partial charge >= 0.3 is 6.03 Å². The first-order valence-corrected chi connectivity index (χ1v) is 8.17. The maximum atomic E-state index is 12.2. The molecule has 0 saturated heterocycles. The summed E-state index contributed by atoms with van der Waals surface area (Å²) in [6.45, 7) is 13.6. The van der Waals surface area contributed by atoms with Crippen LogP contribution in [-0.2, 0) is 14.9 Å². The fourth-order valence-electron chi connectivity index (χ4n) is 2.33. The van der Waals surface area contributed by atoms with Crippen molar-refractivity contribution < 1.29 is 14.3 Å². The molecule has 0 bridgehead atoms. The van der Waals surface area contributed by atoms with E-state index in [-0.39, 0.29) is 11.4 Å². The number of benzene rings is 1. The van der Waals surface area contributed by atoms with Crippen molar-refractivity contribution >= 4 is 11.7 Å². The summed E-state index contributed by atoms with van der Waals surface area (Å²) in [6, 6.07) is 5.80. The minimum absolute atomic E-state index is 0.0478. The third kappa shape index (κ3) is 6.20. The van der Waals surface area contributed by atoms with Crippen molar-refractivity contribution in [3.8, 4) is 0 Å². The molecule has 2 N–H and O–H groups in total. The second-order valence-electron chi connectivity index (χ2n) is 6.42. The van der Waals surface area contributed by atoms with E-state index in [2.05, 4.69) is 31.4 Å². The summed E-state index contributed by atoms with van der Waals surface area (Å²) in [4.78, 5) is 12.2. The second-order valence-corrected chi connectivity index (χ2v) is 6.42. The molecule has 0 spiro atoms. The Kier molecular flexibility index (Phi) is 7.52. The lowest BCUT2D eigenvalue weighted by Gasteiger charge is -2.25. The van der Waals surface area contributed by atoms with Gasteiger partial charge in [0.25, 0.3) is 0 Å². The van der Waals surface area contributed by atoms with Gasteiger partial charge in [-0.2, -0.15) is 0 Å². The van der Waals surface area contributed by atoms with Crippen molar-refractivity contribution in [1.82, 2.24) is 5.32 Å². The van der Waals surface area contributed by atoms with Crippen LogP contribution in [0.3, 0.4) is 0 Å². The van der Waals surface area contributed by atoms with Gasteiger partial charge in [0, 0.05) is 18.9 Å². The number of urea groups is 1. The van der Waals surface area contributed by atoms with Crippen LogP contribution in [0.2, 0.25) is 0 Å². The Morgan fingerprint density at radius 1 is 1.17 bits per heavy atom. The Labute approximate surface area is 139 Å². The molecule has 5 nitrogen and oxygen atoms in total. The molecular weight excluding hydrogens is 292 g/mol. The molecule has 1 aromatic carbocycles. The van der Waals surface area contributed by atoms with E-state index < -0.39 is 6.29 Å². The summed E-state index contributed by atoms with van der Waals surface area (Å²) in [5, 5.41) is 5.77.